The Morgan fingerprint density at radius 3 is 2.76 bits per heavy atom. The van der Waals surface area contributed by atoms with Gasteiger partial charge in [-0.25, -0.2) is 0 Å². The number of nitrogens with zero attached hydrogens (tertiary/aromatic N) is 3. The normalized spacial score (nSPS) is 29.0. The largest absolute Gasteiger partial charge is 0.364 e. The molecule has 17 heavy (non-hydrogen) atoms. The van der Waals surface area contributed by atoms with Gasteiger partial charge in [0.05, 0.1) is 0 Å². The number of hydrogen-bond acceptors (Lipinski definition) is 4. The fraction of sp³-hybridized carbons (Fsp3) is 0.667. The molecule has 0 amide bonds. The Morgan fingerprint density at radius 1 is 1.18 bits per heavy atom. The Hall–Kier alpha value is -0.870. The predicted octanol–water partition coefficient (Wildman–Crippen LogP) is 2.17. The van der Waals surface area contributed by atoms with Crippen LogP contribution >= 0.6 is 11.6 Å². The number of anilines is 1. The number of fused-ring (bicyclic) bond motifs is 1. The third-order valence-electron chi connectivity index (χ3n) is 3.80. The summed E-state index contributed by atoms with van der Waals surface area (Å²) in [5.74, 6) is 0.841. The molecule has 1 unspecified atom stereocenters. The Kier molecular flexibility index (Phi) is 3.16. The predicted molar refractivity (Wildman–Crippen MR) is 68.3 cm³/mol. The second-order valence-corrected chi connectivity index (χ2v) is 5.27. The number of rotatable bonds is 2. The highest BCUT2D eigenvalue weighted by molar-refractivity contribution is 6.29. The molecule has 3 rings (SSSR count). The van der Waals surface area contributed by atoms with Crippen LogP contribution in [0.2, 0.25) is 5.15 Å². The van der Waals surface area contributed by atoms with Gasteiger partial charge in [0.1, 0.15) is 5.82 Å². The molecule has 0 saturated carbocycles. The van der Waals surface area contributed by atoms with Crippen LogP contribution in [0.15, 0.2) is 12.1 Å². The lowest BCUT2D eigenvalue weighted by Crippen LogP contribution is -2.47. The van der Waals surface area contributed by atoms with E-state index >= 15 is 0 Å². The van der Waals surface area contributed by atoms with Crippen molar-refractivity contribution in [3.8, 4) is 0 Å². The van der Waals surface area contributed by atoms with Crippen molar-refractivity contribution in [2.45, 2.75) is 37.8 Å². The van der Waals surface area contributed by atoms with E-state index in [1.807, 2.05) is 6.07 Å². The number of halogens is 1. The third kappa shape index (κ3) is 2.38. The topological polar surface area (TPSA) is 41.0 Å². The van der Waals surface area contributed by atoms with Crippen molar-refractivity contribution in [2.24, 2.45) is 0 Å². The molecule has 0 bridgehead atoms. The summed E-state index contributed by atoms with van der Waals surface area (Å²) in [6, 6.07) is 4.89. The average molecular weight is 253 g/mol. The summed E-state index contributed by atoms with van der Waals surface area (Å²) in [5, 5.41) is 11.9. The van der Waals surface area contributed by atoms with E-state index in [9.17, 15) is 0 Å². The van der Waals surface area contributed by atoms with Crippen LogP contribution in [-0.2, 0) is 0 Å². The highest BCUT2D eigenvalue weighted by Crippen LogP contribution is 2.28. The van der Waals surface area contributed by atoms with Crippen LogP contribution in [0, 0.1) is 0 Å². The first kappa shape index (κ1) is 11.2. The molecule has 3 heterocycles. The van der Waals surface area contributed by atoms with Crippen LogP contribution < -0.4 is 5.32 Å². The van der Waals surface area contributed by atoms with Gasteiger partial charge in [0.15, 0.2) is 5.15 Å². The number of piperidine rings is 1. The highest BCUT2D eigenvalue weighted by Gasteiger charge is 2.34. The zero-order valence-electron chi connectivity index (χ0n) is 9.77. The zero-order chi connectivity index (χ0) is 11.7. The summed E-state index contributed by atoms with van der Waals surface area (Å²) < 4.78 is 0. The van der Waals surface area contributed by atoms with Gasteiger partial charge in [0.25, 0.3) is 0 Å². The van der Waals surface area contributed by atoms with Crippen LogP contribution in [0.5, 0.6) is 0 Å². The Labute approximate surface area is 106 Å². The zero-order valence-corrected chi connectivity index (χ0v) is 10.5. The minimum Gasteiger partial charge on any atom is -0.364 e. The van der Waals surface area contributed by atoms with Gasteiger partial charge >= 0.3 is 0 Å². The van der Waals surface area contributed by atoms with Gasteiger partial charge in [-0.2, -0.15) is 0 Å². The summed E-state index contributed by atoms with van der Waals surface area (Å²) in [6.07, 6.45) is 5.13. The van der Waals surface area contributed by atoms with Crippen LogP contribution in [0.4, 0.5) is 5.82 Å². The molecule has 2 aliphatic rings. The summed E-state index contributed by atoms with van der Waals surface area (Å²) in [4.78, 5) is 2.60. The molecule has 0 radical (unpaired) electrons. The van der Waals surface area contributed by atoms with Crippen LogP contribution in [0.25, 0.3) is 0 Å². The summed E-state index contributed by atoms with van der Waals surface area (Å²) >= 11 is 5.73. The summed E-state index contributed by atoms with van der Waals surface area (Å²) in [7, 11) is 0. The smallest absolute Gasteiger partial charge is 0.151 e. The van der Waals surface area contributed by atoms with Gasteiger partial charge in [0.2, 0.25) is 0 Å². The van der Waals surface area contributed by atoms with Crippen molar-refractivity contribution in [2.75, 3.05) is 18.4 Å². The maximum atomic E-state index is 5.73. The molecule has 1 aromatic rings. The first-order valence-corrected chi connectivity index (χ1v) is 6.70. The molecule has 0 spiro atoms. The Bertz CT molecular complexity index is 381. The maximum absolute atomic E-state index is 5.73. The van der Waals surface area contributed by atoms with E-state index in [0.717, 1.165) is 5.82 Å². The number of aromatic nitrogens is 2. The van der Waals surface area contributed by atoms with E-state index in [4.69, 9.17) is 11.6 Å². The lowest BCUT2D eigenvalue weighted by Gasteiger charge is -2.37. The Morgan fingerprint density at radius 2 is 2.00 bits per heavy atom. The van der Waals surface area contributed by atoms with E-state index in [2.05, 4.69) is 20.4 Å². The molecule has 1 N–H and O–H groups in total. The van der Waals surface area contributed by atoms with E-state index in [-0.39, 0.29) is 0 Å². The van der Waals surface area contributed by atoms with Gasteiger partial charge in [-0.1, -0.05) is 11.6 Å². The molecule has 4 nitrogen and oxygen atoms in total. The highest BCUT2D eigenvalue weighted by atomic mass is 35.5. The van der Waals surface area contributed by atoms with E-state index in [1.165, 1.54) is 38.8 Å². The molecule has 2 aliphatic heterocycles. The molecular formula is C12H17ClN4. The van der Waals surface area contributed by atoms with E-state index < -0.39 is 0 Å². The van der Waals surface area contributed by atoms with Gasteiger partial charge in [-0.05, 0) is 50.9 Å². The molecule has 0 aromatic carbocycles. The average Bonchev–Trinajstić information content (AvgIpc) is 2.81. The van der Waals surface area contributed by atoms with Gasteiger partial charge in [0, 0.05) is 12.1 Å². The van der Waals surface area contributed by atoms with Crippen LogP contribution in [-0.4, -0.2) is 40.3 Å². The van der Waals surface area contributed by atoms with E-state index in [1.54, 1.807) is 6.07 Å². The van der Waals surface area contributed by atoms with Crippen LogP contribution in [0.1, 0.15) is 25.7 Å². The molecule has 5 heteroatoms. The fourth-order valence-electron chi connectivity index (χ4n) is 3.04. The standard InChI is InChI=1S/C12H17ClN4/c13-11-5-6-12(16-15-11)14-9-3-1-7-17-8-2-4-10(9)17/h5-6,9-10H,1-4,7-8H2,(H,14,16)/t9-,10?/m0/s1. The third-order valence-corrected chi connectivity index (χ3v) is 4.01. The van der Waals surface area contributed by atoms with Crippen molar-refractivity contribution in [3.63, 3.8) is 0 Å². The first-order valence-electron chi connectivity index (χ1n) is 6.33. The van der Waals surface area contributed by atoms with Gasteiger partial charge < -0.3 is 5.32 Å². The van der Waals surface area contributed by atoms with Crippen molar-refractivity contribution < 1.29 is 0 Å². The van der Waals surface area contributed by atoms with Crippen molar-refractivity contribution in [1.29, 1.82) is 0 Å². The molecule has 1 aromatic heterocycles. The molecule has 2 atom stereocenters. The lowest BCUT2D eigenvalue weighted by atomic mass is 9.96. The minimum absolute atomic E-state index is 0.446. The van der Waals surface area contributed by atoms with Crippen molar-refractivity contribution in [1.82, 2.24) is 15.1 Å². The molecular weight excluding hydrogens is 236 g/mol. The Balaban J connectivity index is 1.69. The van der Waals surface area contributed by atoms with Crippen molar-refractivity contribution in [3.05, 3.63) is 17.3 Å². The molecule has 2 fully saturated rings. The van der Waals surface area contributed by atoms with Gasteiger partial charge in [-0.3, -0.25) is 4.90 Å². The number of hydrogen-bond donors (Lipinski definition) is 1. The summed E-state index contributed by atoms with van der Waals surface area (Å²) in [5.41, 5.74) is 0. The van der Waals surface area contributed by atoms with Crippen LogP contribution in [0.3, 0.4) is 0 Å². The second kappa shape index (κ2) is 4.78. The second-order valence-electron chi connectivity index (χ2n) is 4.88. The first-order chi connectivity index (χ1) is 8.33. The molecule has 2 saturated heterocycles. The van der Waals surface area contributed by atoms with E-state index in [0.29, 0.717) is 17.2 Å². The maximum Gasteiger partial charge on any atom is 0.151 e. The fourth-order valence-corrected chi connectivity index (χ4v) is 3.14. The quantitative estimate of drug-likeness (QED) is 0.876. The molecule has 92 valence electrons. The summed E-state index contributed by atoms with van der Waals surface area (Å²) in [6.45, 7) is 2.52. The SMILES string of the molecule is Clc1ccc(N[C@H]2CCCN3CCCC23)nn1. The van der Waals surface area contributed by atoms with Gasteiger partial charge in [-0.15, -0.1) is 10.2 Å². The number of nitrogens with one attached hydrogen (secondary N) is 1. The lowest BCUT2D eigenvalue weighted by molar-refractivity contribution is 0.183. The molecule has 0 aliphatic carbocycles. The monoisotopic (exact) mass is 252 g/mol. The van der Waals surface area contributed by atoms with Crippen molar-refractivity contribution >= 4 is 17.4 Å². The minimum atomic E-state index is 0.446.